The number of aromatic nitrogens is 1. The van der Waals surface area contributed by atoms with Crippen LogP contribution < -0.4 is 5.73 Å². The number of ether oxygens (including phenoxy) is 1. The van der Waals surface area contributed by atoms with E-state index in [9.17, 15) is 9.59 Å². The molecule has 8 heteroatoms. The van der Waals surface area contributed by atoms with Crippen LogP contribution in [0.25, 0.3) is 0 Å². The van der Waals surface area contributed by atoms with Crippen LogP contribution >= 0.6 is 11.3 Å². The van der Waals surface area contributed by atoms with Gasteiger partial charge in [0.15, 0.2) is 5.13 Å². The molecular formula is C17H26N4O3S. The topological polar surface area (TPSA) is 88.8 Å². The molecule has 138 valence electrons. The zero-order valence-corrected chi connectivity index (χ0v) is 15.7. The molecule has 0 aromatic carbocycles. The number of carbonyl (C=O) groups excluding carboxylic acids is 2. The average Bonchev–Trinajstić information content (AvgIpc) is 3.20. The molecule has 1 atom stereocenters. The number of carbonyl (C=O) groups is 2. The van der Waals surface area contributed by atoms with Crippen molar-refractivity contribution in [1.29, 1.82) is 0 Å². The first-order valence-electron chi connectivity index (χ1n) is 8.83. The highest BCUT2D eigenvalue weighted by molar-refractivity contribution is 7.17. The summed E-state index contributed by atoms with van der Waals surface area (Å²) in [5.74, 6) is 0.135. The highest BCUT2D eigenvalue weighted by Crippen LogP contribution is 2.41. The third-order valence-electron chi connectivity index (χ3n) is 5.27. The lowest BCUT2D eigenvalue weighted by molar-refractivity contribution is -0.146. The second-order valence-corrected chi connectivity index (χ2v) is 7.86. The Morgan fingerprint density at radius 3 is 2.92 bits per heavy atom. The van der Waals surface area contributed by atoms with Crippen molar-refractivity contribution in [2.24, 2.45) is 5.41 Å². The fourth-order valence-corrected chi connectivity index (χ4v) is 4.80. The van der Waals surface area contributed by atoms with Crippen LogP contribution in [0, 0.1) is 5.41 Å². The van der Waals surface area contributed by atoms with Gasteiger partial charge in [-0.15, -0.1) is 0 Å². The number of likely N-dealkylation sites (tertiary alicyclic amines) is 2. The number of hydrogen-bond acceptors (Lipinski definition) is 6. The van der Waals surface area contributed by atoms with E-state index in [2.05, 4.69) is 4.98 Å². The number of nitrogens with zero attached hydrogens (tertiary/aromatic N) is 3. The van der Waals surface area contributed by atoms with Gasteiger partial charge >= 0.3 is 0 Å². The first-order chi connectivity index (χ1) is 12.0. The van der Waals surface area contributed by atoms with E-state index in [1.165, 1.54) is 11.3 Å². The number of hydrogen-bond donors (Lipinski definition) is 1. The van der Waals surface area contributed by atoms with E-state index in [1.807, 2.05) is 16.7 Å². The van der Waals surface area contributed by atoms with E-state index in [0.717, 1.165) is 31.5 Å². The van der Waals surface area contributed by atoms with Crippen molar-refractivity contribution in [2.75, 3.05) is 45.6 Å². The predicted molar refractivity (Wildman–Crippen MR) is 96.5 cm³/mol. The van der Waals surface area contributed by atoms with Crippen molar-refractivity contribution in [1.82, 2.24) is 14.8 Å². The molecule has 25 heavy (non-hydrogen) atoms. The van der Waals surface area contributed by atoms with Gasteiger partial charge in [0.25, 0.3) is 5.91 Å². The van der Waals surface area contributed by atoms with Crippen LogP contribution in [0.4, 0.5) is 5.13 Å². The van der Waals surface area contributed by atoms with Gasteiger partial charge in [-0.1, -0.05) is 18.3 Å². The number of nitrogens with two attached hydrogens (primary N) is 1. The van der Waals surface area contributed by atoms with Crippen molar-refractivity contribution in [3.63, 3.8) is 0 Å². The van der Waals surface area contributed by atoms with Crippen LogP contribution in [-0.2, 0) is 16.0 Å². The molecule has 1 unspecified atom stereocenters. The second kappa shape index (κ2) is 7.29. The molecule has 7 nitrogen and oxygen atoms in total. The van der Waals surface area contributed by atoms with Gasteiger partial charge in [0.2, 0.25) is 5.91 Å². The van der Waals surface area contributed by atoms with Crippen LogP contribution in [0.2, 0.25) is 0 Å². The van der Waals surface area contributed by atoms with E-state index in [0.29, 0.717) is 42.7 Å². The number of aryl methyl sites for hydroxylation is 1. The van der Waals surface area contributed by atoms with Gasteiger partial charge in [-0.25, -0.2) is 4.98 Å². The minimum absolute atomic E-state index is 0.0373. The summed E-state index contributed by atoms with van der Waals surface area (Å²) in [5, 5.41) is 0.425. The average molecular weight is 366 g/mol. The summed E-state index contributed by atoms with van der Waals surface area (Å²) in [6, 6.07) is 0. The van der Waals surface area contributed by atoms with Gasteiger partial charge in [0.1, 0.15) is 4.88 Å². The summed E-state index contributed by atoms with van der Waals surface area (Å²) in [5.41, 5.74) is 6.11. The smallest absolute Gasteiger partial charge is 0.265 e. The molecule has 0 radical (unpaired) electrons. The van der Waals surface area contributed by atoms with Crippen LogP contribution in [0.3, 0.4) is 0 Å². The maximum Gasteiger partial charge on any atom is 0.265 e. The van der Waals surface area contributed by atoms with Crippen LogP contribution in [0.5, 0.6) is 0 Å². The number of nitrogen functional groups attached to an aromatic ring is 1. The molecule has 2 saturated heterocycles. The van der Waals surface area contributed by atoms with E-state index in [4.69, 9.17) is 10.5 Å². The fraction of sp³-hybridized carbons (Fsp3) is 0.706. The number of piperidine rings is 1. The molecule has 2 amide bonds. The van der Waals surface area contributed by atoms with E-state index < -0.39 is 5.41 Å². The normalized spacial score (nSPS) is 23.7. The summed E-state index contributed by atoms with van der Waals surface area (Å²) in [7, 11) is 1.65. The van der Waals surface area contributed by atoms with Gasteiger partial charge in [-0.2, -0.15) is 0 Å². The molecule has 0 bridgehead atoms. The summed E-state index contributed by atoms with van der Waals surface area (Å²) < 4.78 is 5.11. The third kappa shape index (κ3) is 3.37. The first kappa shape index (κ1) is 18.1. The number of thiazole rings is 1. The minimum Gasteiger partial charge on any atom is -0.383 e. The molecule has 2 fully saturated rings. The largest absolute Gasteiger partial charge is 0.383 e. The van der Waals surface area contributed by atoms with Gasteiger partial charge in [0.05, 0.1) is 17.7 Å². The van der Waals surface area contributed by atoms with Gasteiger partial charge in [-0.3, -0.25) is 9.59 Å². The molecule has 3 rings (SSSR count). The Kier molecular flexibility index (Phi) is 5.29. The fourth-order valence-electron chi connectivity index (χ4n) is 3.91. The summed E-state index contributed by atoms with van der Waals surface area (Å²) in [4.78, 5) is 34.5. The Balaban J connectivity index is 1.73. The molecule has 0 saturated carbocycles. The van der Waals surface area contributed by atoms with Crippen LogP contribution in [0.1, 0.15) is 41.6 Å². The first-order valence-corrected chi connectivity index (χ1v) is 9.65. The summed E-state index contributed by atoms with van der Waals surface area (Å²) in [6.45, 7) is 5.03. The van der Waals surface area contributed by atoms with E-state index in [-0.39, 0.29) is 11.8 Å². The maximum absolute atomic E-state index is 13.0. The highest BCUT2D eigenvalue weighted by Gasteiger charge is 2.49. The third-order valence-corrected chi connectivity index (χ3v) is 6.19. The quantitative estimate of drug-likeness (QED) is 0.851. The van der Waals surface area contributed by atoms with Crippen molar-refractivity contribution >= 4 is 28.3 Å². The maximum atomic E-state index is 13.0. The van der Waals surface area contributed by atoms with Gasteiger partial charge in [-0.05, 0) is 25.7 Å². The Morgan fingerprint density at radius 1 is 1.40 bits per heavy atom. The Hall–Kier alpha value is -1.67. The molecule has 1 aromatic rings. The zero-order valence-electron chi connectivity index (χ0n) is 14.9. The highest BCUT2D eigenvalue weighted by atomic mass is 32.1. The summed E-state index contributed by atoms with van der Waals surface area (Å²) >= 11 is 1.25. The monoisotopic (exact) mass is 366 g/mol. The van der Waals surface area contributed by atoms with Crippen molar-refractivity contribution in [3.8, 4) is 0 Å². The molecule has 2 N–H and O–H groups in total. The predicted octanol–water partition coefficient (Wildman–Crippen LogP) is 1.39. The standard InChI is InChI=1S/C17H26N4O3S/c1-3-12-13(25-16(18)19-12)14(22)21-8-6-17(11-21)5-4-7-20(15(17)23)9-10-24-2/h3-11H2,1-2H3,(H2,18,19). The number of rotatable bonds is 5. The van der Waals surface area contributed by atoms with E-state index in [1.54, 1.807) is 7.11 Å². The zero-order chi connectivity index (χ0) is 18.0. The lowest BCUT2D eigenvalue weighted by Crippen LogP contribution is -2.51. The molecule has 1 spiro atoms. The van der Waals surface area contributed by atoms with Crippen molar-refractivity contribution in [3.05, 3.63) is 10.6 Å². The van der Waals surface area contributed by atoms with Gasteiger partial charge in [0, 0.05) is 33.3 Å². The summed E-state index contributed by atoms with van der Waals surface area (Å²) in [6.07, 6.45) is 3.24. The van der Waals surface area contributed by atoms with E-state index >= 15 is 0 Å². The molecular weight excluding hydrogens is 340 g/mol. The minimum atomic E-state index is -0.426. The van der Waals surface area contributed by atoms with Gasteiger partial charge < -0.3 is 20.3 Å². The van der Waals surface area contributed by atoms with Crippen molar-refractivity contribution < 1.29 is 14.3 Å². The lowest BCUT2D eigenvalue weighted by atomic mass is 9.78. The molecule has 1 aromatic heterocycles. The number of amides is 2. The second-order valence-electron chi connectivity index (χ2n) is 6.83. The molecule has 2 aliphatic heterocycles. The van der Waals surface area contributed by atoms with Crippen LogP contribution in [0.15, 0.2) is 0 Å². The Morgan fingerprint density at radius 2 is 2.20 bits per heavy atom. The number of anilines is 1. The lowest BCUT2D eigenvalue weighted by Gasteiger charge is -2.39. The van der Waals surface area contributed by atoms with Crippen molar-refractivity contribution in [2.45, 2.75) is 32.6 Å². The molecule has 2 aliphatic rings. The van der Waals surface area contributed by atoms with Crippen LogP contribution in [-0.4, -0.2) is 66.5 Å². The molecule has 3 heterocycles. The number of methoxy groups -OCH3 is 1. The SMILES string of the molecule is CCc1nc(N)sc1C(=O)N1CCC2(CCCN(CCOC)C2=O)C1. The molecule has 0 aliphatic carbocycles. The Bertz CT molecular complexity index is 662. The Labute approximate surface area is 152 Å².